The third-order valence-corrected chi connectivity index (χ3v) is 3.54. The fourth-order valence-electron chi connectivity index (χ4n) is 2.63. The van der Waals surface area contributed by atoms with E-state index in [1.165, 1.54) is 13.3 Å². The Balaban J connectivity index is 2.39. The van der Waals surface area contributed by atoms with Crippen LogP contribution in [0.1, 0.15) is 31.5 Å². The molecule has 1 aliphatic heterocycles. The van der Waals surface area contributed by atoms with Gasteiger partial charge in [0.15, 0.2) is 5.75 Å². The van der Waals surface area contributed by atoms with Crippen LogP contribution in [0.2, 0.25) is 0 Å². The largest absolute Gasteiger partial charge is 0.493 e. The number of methoxy groups -OCH3 is 1. The number of rotatable bonds is 3. The molecule has 0 radical (unpaired) electrons. The van der Waals surface area contributed by atoms with E-state index < -0.39 is 18.1 Å². The highest BCUT2D eigenvalue weighted by Crippen LogP contribution is 2.43. The minimum atomic E-state index is -4.22. The highest BCUT2D eigenvalue weighted by atomic mass is 19.4. The Morgan fingerprint density at radius 2 is 2.26 bits per heavy atom. The van der Waals surface area contributed by atoms with Crippen LogP contribution in [0.15, 0.2) is 6.20 Å². The van der Waals surface area contributed by atoms with Gasteiger partial charge in [0.1, 0.15) is 0 Å². The summed E-state index contributed by atoms with van der Waals surface area (Å²) in [5, 5.41) is 7.05. The van der Waals surface area contributed by atoms with Crippen molar-refractivity contribution in [1.29, 1.82) is 0 Å². The standard InChI is InChI=1S/C12H18F3N3O/c1-3-18-11(9(19-2)7-17-18)10-8(12(13,14)15)5-4-6-16-10/h7-8,10,16H,3-6H2,1-2H3. The molecule has 2 atom stereocenters. The Kier molecular flexibility index (Phi) is 4.03. The number of aromatic nitrogens is 2. The SMILES string of the molecule is CCn1ncc(OC)c1C1NCCCC1C(F)(F)F. The zero-order valence-corrected chi connectivity index (χ0v) is 11.0. The molecule has 1 N–H and O–H groups in total. The van der Waals surface area contributed by atoms with E-state index >= 15 is 0 Å². The monoisotopic (exact) mass is 277 g/mol. The molecule has 0 aromatic carbocycles. The fourth-order valence-corrected chi connectivity index (χ4v) is 2.63. The molecule has 0 amide bonds. The summed E-state index contributed by atoms with van der Waals surface area (Å²) in [6.45, 7) is 2.94. The second-order valence-corrected chi connectivity index (χ2v) is 4.64. The van der Waals surface area contributed by atoms with Crippen LogP contribution in [0.5, 0.6) is 5.75 Å². The van der Waals surface area contributed by atoms with Crippen LogP contribution in [-0.2, 0) is 6.54 Å². The number of ether oxygens (including phenoxy) is 1. The van der Waals surface area contributed by atoms with Gasteiger partial charge < -0.3 is 10.1 Å². The lowest BCUT2D eigenvalue weighted by Gasteiger charge is -2.34. The Hall–Kier alpha value is -1.24. The lowest BCUT2D eigenvalue weighted by molar-refractivity contribution is -0.189. The van der Waals surface area contributed by atoms with Crippen LogP contribution in [0.4, 0.5) is 13.2 Å². The molecule has 1 aromatic rings. The van der Waals surface area contributed by atoms with E-state index in [0.717, 1.165) is 0 Å². The number of nitrogens with one attached hydrogen (secondary N) is 1. The van der Waals surface area contributed by atoms with Crippen molar-refractivity contribution in [2.24, 2.45) is 5.92 Å². The van der Waals surface area contributed by atoms with Crippen molar-refractivity contribution in [3.8, 4) is 5.75 Å². The van der Waals surface area contributed by atoms with Crippen molar-refractivity contribution in [3.63, 3.8) is 0 Å². The third-order valence-electron chi connectivity index (χ3n) is 3.54. The van der Waals surface area contributed by atoms with Crippen LogP contribution < -0.4 is 10.1 Å². The predicted octanol–water partition coefficient (Wildman–Crippen LogP) is 2.51. The van der Waals surface area contributed by atoms with Gasteiger partial charge in [0.05, 0.1) is 31.0 Å². The van der Waals surface area contributed by atoms with E-state index in [9.17, 15) is 13.2 Å². The molecule has 7 heteroatoms. The van der Waals surface area contributed by atoms with E-state index in [4.69, 9.17) is 4.74 Å². The molecule has 1 fully saturated rings. The predicted molar refractivity (Wildman–Crippen MR) is 64.0 cm³/mol. The number of aryl methyl sites for hydroxylation is 1. The second-order valence-electron chi connectivity index (χ2n) is 4.64. The third kappa shape index (κ3) is 2.70. The van der Waals surface area contributed by atoms with Crippen molar-refractivity contribution in [1.82, 2.24) is 15.1 Å². The van der Waals surface area contributed by atoms with Gasteiger partial charge in [-0.05, 0) is 26.3 Å². The van der Waals surface area contributed by atoms with Crippen LogP contribution in [0.3, 0.4) is 0 Å². The van der Waals surface area contributed by atoms with Gasteiger partial charge in [0, 0.05) is 6.54 Å². The van der Waals surface area contributed by atoms with Gasteiger partial charge in [-0.3, -0.25) is 4.68 Å². The molecule has 2 unspecified atom stereocenters. The molecule has 0 spiro atoms. The summed E-state index contributed by atoms with van der Waals surface area (Å²) < 4.78 is 46.2. The van der Waals surface area contributed by atoms with Crippen LogP contribution in [-0.4, -0.2) is 29.6 Å². The smallest absolute Gasteiger partial charge is 0.393 e. The first-order valence-electron chi connectivity index (χ1n) is 6.38. The molecular formula is C12H18F3N3O. The van der Waals surface area contributed by atoms with E-state index in [-0.39, 0.29) is 6.42 Å². The van der Waals surface area contributed by atoms with E-state index in [1.807, 2.05) is 6.92 Å². The Labute approximate surface area is 109 Å². The lowest BCUT2D eigenvalue weighted by Crippen LogP contribution is -2.42. The highest BCUT2D eigenvalue weighted by molar-refractivity contribution is 5.29. The molecule has 0 saturated carbocycles. The first-order chi connectivity index (χ1) is 8.99. The molecule has 1 saturated heterocycles. The van der Waals surface area contributed by atoms with Crippen molar-refractivity contribution < 1.29 is 17.9 Å². The molecule has 1 aliphatic rings. The van der Waals surface area contributed by atoms with Gasteiger partial charge in [-0.1, -0.05) is 0 Å². The van der Waals surface area contributed by atoms with Crippen LogP contribution >= 0.6 is 0 Å². The Morgan fingerprint density at radius 3 is 2.84 bits per heavy atom. The maximum Gasteiger partial charge on any atom is 0.393 e. The Morgan fingerprint density at radius 1 is 1.53 bits per heavy atom. The summed E-state index contributed by atoms with van der Waals surface area (Å²) in [5.74, 6) is -0.979. The summed E-state index contributed by atoms with van der Waals surface area (Å²) in [7, 11) is 1.45. The Bertz CT molecular complexity index is 409. The van der Waals surface area contributed by atoms with Crippen LogP contribution in [0.25, 0.3) is 0 Å². The molecule has 2 heterocycles. The second kappa shape index (κ2) is 5.40. The summed E-state index contributed by atoms with van der Waals surface area (Å²) in [5.41, 5.74) is 0.493. The van der Waals surface area contributed by atoms with Gasteiger partial charge in [-0.15, -0.1) is 0 Å². The molecule has 2 rings (SSSR count). The van der Waals surface area contributed by atoms with Crippen molar-refractivity contribution in [2.75, 3.05) is 13.7 Å². The molecule has 4 nitrogen and oxygen atoms in total. The molecular weight excluding hydrogens is 259 g/mol. The van der Waals surface area contributed by atoms with Gasteiger partial charge >= 0.3 is 6.18 Å². The first-order valence-corrected chi connectivity index (χ1v) is 6.38. The number of piperidine rings is 1. The van der Waals surface area contributed by atoms with Crippen molar-refractivity contribution in [2.45, 2.75) is 38.5 Å². The number of hydrogen-bond donors (Lipinski definition) is 1. The summed E-state index contributed by atoms with van der Waals surface area (Å²) in [6, 6.07) is -0.786. The van der Waals surface area contributed by atoms with Crippen molar-refractivity contribution >= 4 is 0 Å². The zero-order chi connectivity index (χ0) is 14.0. The van der Waals surface area contributed by atoms with E-state index in [1.54, 1.807) is 4.68 Å². The zero-order valence-electron chi connectivity index (χ0n) is 11.0. The molecule has 1 aromatic heterocycles. The first kappa shape index (κ1) is 14.2. The number of halogens is 3. The maximum absolute atomic E-state index is 13.1. The molecule has 108 valence electrons. The number of hydrogen-bond acceptors (Lipinski definition) is 3. The summed E-state index contributed by atoms with van der Waals surface area (Å²) in [4.78, 5) is 0. The molecule has 19 heavy (non-hydrogen) atoms. The van der Waals surface area contributed by atoms with Gasteiger partial charge in [-0.2, -0.15) is 18.3 Å². The van der Waals surface area contributed by atoms with Gasteiger partial charge in [0.2, 0.25) is 0 Å². The lowest BCUT2D eigenvalue weighted by atomic mass is 9.88. The average Bonchev–Trinajstić information content (AvgIpc) is 2.80. The minimum absolute atomic E-state index is 0.138. The number of alkyl halides is 3. The average molecular weight is 277 g/mol. The minimum Gasteiger partial charge on any atom is -0.493 e. The van der Waals surface area contributed by atoms with E-state index in [0.29, 0.717) is 31.0 Å². The van der Waals surface area contributed by atoms with Crippen LogP contribution in [0, 0.1) is 5.92 Å². The normalized spacial score (nSPS) is 24.5. The maximum atomic E-state index is 13.1. The van der Waals surface area contributed by atoms with E-state index in [2.05, 4.69) is 10.4 Å². The van der Waals surface area contributed by atoms with Gasteiger partial charge in [-0.25, -0.2) is 0 Å². The molecule has 0 bridgehead atoms. The summed E-state index contributed by atoms with van der Waals surface area (Å²) in [6.07, 6.45) is -2.07. The quantitative estimate of drug-likeness (QED) is 0.922. The molecule has 0 aliphatic carbocycles. The highest BCUT2D eigenvalue weighted by Gasteiger charge is 2.47. The van der Waals surface area contributed by atoms with Crippen molar-refractivity contribution in [3.05, 3.63) is 11.9 Å². The van der Waals surface area contributed by atoms with Gasteiger partial charge in [0.25, 0.3) is 0 Å². The summed E-state index contributed by atoms with van der Waals surface area (Å²) >= 11 is 0. The fraction of sp³-hybridized carbons (Fsp3) is 0.750. The number of nitrogens with zero attached hydrogens (tertiary/aromatic N) is 2. The topological polar surface area (TPSA) is 39.1 Å².